The van der Waals surface area contributed by atoms with E-state index in [0.717, 1.165) is 22.5 Å². The van der Waals surface area contributed by atoms with E-state index in [0.29, 0.717) is 22.8 Å². The van der Waals surface area contributed by atoms with Crippen LogP contribution in [-0.4, -0.2) is 10.2 Å². The van der Waals surface area contributed by atoms with Gasteiger partial charge in [-0.25, -0.2) is 5.10 Å². The van der Waals surface area contributed by atoms with Crippen molar-refractivity contribution < 1.29 is 4.42 Å². The van der Waals surface area contributed by atoms with E-state index >= 15 is 0 Å². The molecule has 6 heteroatoms. The Balaban J connectivity index is 1.56. The Morgan fingerprint density at radius 1 is 1.00 bits per heavy atom. The molecule has 0 aliphatic carbocycles. The van der Waals surface area contributed by atoms with E-state index in [4.69, 9.17) is 16.0 Å². The molecule has 0 unspecified atom stereocenters. The van der Waals surface area contributed by atoms with Crippen molar-refractivity contribution in [1.82, 2.24) is 10.2 Å². The normalized spacial score (nSPS) is 10.9. The van der Waals surface area contributed by atoms with Gasteiger partial charge in [-0.3, -0.25) is 4.79 Å². The number of nitrogens with one attached hydrogen (secondary N) is 2. The first kappa shape index (κ1) is 15.5. The van der Waals surface area contributed by atoms with Crippen LogP contribution in [0.2, 0.25) is 5.02 Å². The van der Waals surface area contributed by atoms with Crippen molar-refractivity contribution in [2.75, 3.05) is 5.32 Å². The van der Waals surface area contributed by atoms with Crippen molar-refractivity contribution in [1.29, 1.82) is 0 Å². The zero-order valence-corrected chi connectivity index (χ0v) is 13.9. The van der Waals surface area contributed by atoms with Gasteiger partial charge in [0.15, 0.2) is 5.82 Å². The number of nitrogens with zero attached hydrogens (tertiary/aromatic N) is 1. The number of furan rings is 1. The van der Waals surface area contributed by atoms with Crippen molar-refractivity contribution in [2.24, 2.45) is 0 Å². The summed E-state index contributed by atoms with van der Waals surface area (Å²) in [6.07, 6.45) is 0. The minimum atomic E-state index is -0.204. The highest BCUT2D eigenvalue weighted by Gasteiger charge is 2.08. The molecule has 2 aromatic carbocycles. The quantitative estimate of drug-likeness (QED) is 0.570. The highest BCUT2D eigenvalue weighted by atomic mass is 35.5. The second-order valence-electron chi connectivity index (χ2n) is 5.57. The van der Waals surface area contributed by atoms with Crippen LogP contribution in [0.5, 0.6) is 0 Å². The van der Waals surface area contributed by atoms with Gasteiger partial charge in [0.05, 0.1) is 11.9 Å². The van der Waals surface area contributed by atoms with Crippen molar-refractivity contribution in [3.63, 3.8) is 0 Å². The lowest BCUT2D eigenvalue weighted by molar-refractivity contribution is 0.531. The summed E-state index contributed by atoms with van der Waals surface area (Å²) < 4.78 is 5.86. The third-order valence-corrected chi connectivity index (χ3v) is 4.17. The first-order chi connectivity index (χ1) is 12.2. The fraction of sp³-hybridized carbons (Fsp3) is 0.0526. The van der Waals surface area contributed by atoms with Crippen LogP contribution in [0.3, 0.4) is 0 Å². The van der Waals surface area contributed by atoms with Gasteiger partial charge in [0.1, 0.15) is 11.5 Å². The van der Waals surface area contributed by atoms with Gasteiger partial charge < -0.3 is 9.73 Å². The van der Waals surface area contributed by atoms with Crippen LogP contribution in [0.15, 0.2) is 69.9 Å². The molecule has 0 bridgehead atoms. The topological polar surface area (TPSA) is 70.9 Å². The number of hydrogen-bond acceptors (Lipinski definition) is 4. The molecular weight excluding hydrogens is 338 g/mol. The zero-order valence-electron chi connectivity index (χ0n) is 13.1. The minimum absolute atomic E-state index is 0.204. The molecule has 0 radical (unpaired) electrons. The third-order valence-electron chi connectivity index (χ3n) is 3.92. The minimum Gasteiger partial charge on any atom is -0.459 e. The number of H-pyrrole nitrogens is 1. The molecule has 0 aliphatic rings. The summed E-state index contributed by atoms with van der Waals surface area (Å²) in [6, 6.07) is 18.6. The molecule has 25 heavy (non-hydrogen) atoms. The van der Waals surface area contributed by atoms with Crippen molar-refractivity contribution >= 4 is 28.2 Å². The summed E-state index contributed by atoms with van der Waals surface area (Å²) in [4.78, 5) is 11.8. The van der Waals surface area contributed by atoms with Gasteiger partial charge in [-0.2, -0.15) is 5.10 Å². The van der Waals surface area contributed by atoms with E-state index in [-0.39, 0.29) is 5.56 Å². The largest absolute Gasteiger partial charge is 0.459 e. The maximum absolute atomic E-state index is 11.8. The number of rotatable bonds is 4. The summed E-state index contributed by atoms with van der Waals surface area (Å²) in [6.45, 7) is 0.455. The number of aromatic amines is 1. The van der Waals surface area contributed by atoms with E-state index in [2.05, 4.69) is 15.5 Å². The zero-order chi connectivity index (χ0) is 17.2. The number of halogens is 1. The molecule has 0 aliphatic heterocycles. The van der Waals surface area contributed by atoms with Gasteiger partial charge >= 0.3 is 0 Å². The maximum atomic E-state index is 11.8. The average molecular weight is 352 g/mol. The Labute approximate surface area is 148 Å². The second kappa shape index (κ2) is 6.45. The van der Waals surface area contributed by atoms with Gasteiger partial charge in [-0.05, 0) is 42.5 Å². The Bertz CT molecular complexity index is 1080. The van der Waals surface area contributed by atoms with Crippen molar-refractivity contribution in [3.8, 4) is 11.3 Å². The van der Waals surface area contributed by atoms with Crippen LogP contribution in [0, 0.1) is 0 Å². The number of fused-ring (bicyclic) bond motifs is 1. The van der Waals surface area contributed by atoms with Gasteiger partial charge in [-0.1, -0.05) is 29.8 Å². The molecule has 0 saturated carbocycles. The fourth-order valence-electron chi connectivity index (χ4n) is 2.66. The van der Waals surface area contributed by atoms with Gasteiger partial charge in [0.25, 0.3) is 5.56 Å². The van der Waals surface area contributed by atoms with E-state index in [1.165, 1.54) is 0 Å². The summed E-state index contributed by atoms with van der Waals surface area (Å²) in [7, 11) is 0. The molecule has 4 rings (SSSR count). The Kier molecular flexibility index (Phi) is 3.99. The molecule has 2 N–H and O–H groups in total. The van der Waals surface area contributed by atoms with Gasteiger partial charge in [0, 0.05) is 16.0 Å². The average Bonchev–Trinajstić information content (AvgIpc) is 3.11. The Hall–Kier alpha value is -3.05. The Morgan fingerprint density at radius 2 is 1.76 bits per heavy atom. The molecular formula is C19H14ClN3O2. The predicted molar refractivity (Wildman–Crippen MR) is 98.8 cm³/mol. The molecule has 2 heterocycles. The van der Waals surface area contributed by atoms with Crippen molar-refractivity contribution in [2.45, 2.75) is 6.54 Å². The first-order valence-corrected chi connectivity index (χ1v) is 8.14. The molecule has 2 aromatic heterocycles. The third kappa shape index (κ3) is 3.14. The summed E-state index contributed by atoms with van der Waals surface area (Å²) in [5, 5.41) is 11.9. The standard InChI is InChI=1S/C19H14ClN3O2/c20-13-7-5-12(6-8-13)17-10-9-14(25-17)11-21-18-15-3-1-2-4-16(15)19(24)23-22-18/h1-10H,11H2,(H,21,22)(H,23,24). The molecule has 0 amide bonds. The van der Waals surface area contributed by atoms with Gasteiger partial charge in [0.2, 0.25) is 0 Å². The van der Waals surface area contributed by atoms with Crippen LogP contribution in [0.25, 0.3) is 22.1 Å². The SMILES string of the molecule is O=c1[nH]nc(NCc2ccc(-c3ccc(Cl)cc3)o2)c2ccccc12. The van der Waals surface area contributed by atoms with Crippen LogP contribution >= 0.6 is 11.6 Å². The summed E-state index contributed by atoms with van der Waals surface area (Å²) >= 11 is 5.91. The lowest BCUT2D eigenvalue weighted by Crippen LogP contribution is -2.11. The monoisotopic (exact) mass is 351 g/mol. The van der Waals surface area contributed by atoms with Crippen LogP contribution in [-0.2, 0) is 6.54 Å². The maximum Gasteiger partial charge on any atom is 0.272 e. The van der Waals surface area contributed by atoms with E-state index in [1.807, 2.05) is 54.6 Å². The van der Waals surface area contributed by atoms with Crippen LogP contribution in [0.4, 0.5) is 5.82 Å². The number of hydrogen-bond donors (Lipinski definition) is 2. The lowest BCUT2D eigenvalue weighted by Gasteiger charge is -2.06. The summed E-state index contributed by atoms with van der Waals surface area (Å²) in [5.41, 5.74) is 0.757. The second-order valence-corrected chi connectivity index (χ2v) is 6.01. The molecule has 0 atom stereocenters. The summed E-state index contributed by atoms with van der Waals surface area (Å²) in [5.74, 6) is 2.15. The lowest BCUT2D eigenvalue weighted by atomic mass is 10.2. The van der Waals surface area contributed by atoms with Crippen LogP contribution in [0.1, 0.15) is 5.76 Å². The highest BCUT2D eigenvalue weighted by Crippen LogP contribution is 2.24. The van der Waals surface area contributed by atoms with E-state index in [9.17, 15) is 4.79 Å². The van der Waals surface area contributed by atoms with E-state index < -0.39 is 0 Å². The molecule has 0 saturated heterocycles. The van der Waals surface area contributed by atoms with E-state index in [1.54, 1.807) is 6.07 Å². The smallest absolute Gasteiger partial charge is 0.272 e. The van der Waals surface area contributed by atoms with Gasteiger partial charge in [-0.15, -0.1) is 0 Å². The number of benzene rings is 2. The first-order valence-electron chi connectivity index (χ1n) is 7.77. The number of aromatic nitrogens is 2. The fourth-order valence-corrected chi connectivity index (χ4v) is 2.79. The van der Waals surface area contributed by atoms with Crippen molar-refractivity contribution in [3.05, 3.63) is 81.8 Å². The highest BCUT2D eigenvalue weighted by molar-refractivity contribution is 6.30. The molecule has 0 fully saturated rings. The molecule has 5 nitrogen and oxygen atoms in total. The van der Waals surface area contributed by atoms with Crippen LogP contribution < -0.4 is 10.9 Å². The Morgan fingerprint density at radius 3 is 2.56 bits per heavy atom. The molecule has 124 valence electrons. The predicted octanol–water partition coefficient (Wildman–Crippen LogP) is 4.45. The molecule has 4 aromatic rings. The number of anilines is 1. The molecule has 0 spiro atoms.